The van der Waals surface area contributed by atoms with Crippen molar-refractivity contribution in [3.05, 3.63) is 81.4 Å². The van der Waals surface area contributed by atoms with Crippen LogP contribution >= 0.6 is 0 Å². The molecule has 2 aromatic rings. The molecule has 1 fully saturated rings. The molecule has 0 atom stereocenters. The first kappa shape index (κ1) is 18.0. The average Bonchev–Trinajstić information content (AvgIpc) is 2.60. The maximum Gasteiger partial charge on any atom is 0.269 e. The van der Waals surface area contributed by atoms with Crippen LogP contribution in [0, 0.1) is 15.5 Å². The summed E-state index contributed by atoms with van der Waals surface area (Å²) < 4.78 is 0. The van der Waals surface area contributed by atoms with Crippen molar-refractivity contribution in [1.29, 1.82) is 0 Å². The van der Waals surface area contributed by atoms with Crippen LogP contribution in [0.4, 0.5) is 5.69 Å². The molecule has 0 radical (unpaired) electrons. The molecular weight excluding hydrogens is 328 g/mol. The smallest absolute Gasteiger partial charge is 0.269 e. The molecule has 0 aliphatic carbocycles. The van der Waals surface area contributed by atoms with Crippen LogP contribution in [-0.4, -0.2) is 28.7 Å². The van der Waals surface area contributed by atoms with E-state index in [4.69, 9.17) is 0 Å². The van der Waals surface area contributed by atoms with E-state index in [2.05, 4.69) is 17.0 Å². The molecule has 0 unspecified atom stereocenters. The van der Waals surface area contributed by atoms with E-state index in [9.17, 15) is 14.9 Å². The van der Waals surface area contributed by atoms with Gasteiger partial charge in [-0.1, -0.05) is 44.2 Å². The van der Waals surface area contributed by atoms with Gasteiger partial charge in [0.2, 0.25) is 0 Å². The van der Waals surface area contributed by atoms with Gasteiger partial charge in [-0.2, -0.15) is 0 Å². The molecular formula is C21H22N2O3. The summed E-state index contributed by atoms with van der Waals surface area (Å²) in [5.74, 6) is 0.139. The molecule has 26 heavy (non-hydrogen) atoms. The summed E-state index contributed by atoms with van der Waals surface area (Å²) in [6.45, 7) is 6.01. The number of rotatable bonds is 4. The summed E-state index contributed by atoms with van der Waals surface area (Å²) in [7, 11) is 0. The lowest BCUT2D eigenvalue weighted by Crippen LogP contribution is -2.47. The Bertz CT molecular complexity index is 839. The SMILES string of the molecule is CC1(C)CN(Cc2ccccc2)C/C(=C\c2ccc([N+](=O)[O-])cc2)C1=O. The molecule has 1 aliphatic heterocycles. The molecule has 1 saturated heterocycles. The maximum atomic E-state index is 12.8. The van der Waals surface area contributed by atoms with Gasteiger partial charge in [0.25, 0.3) is 5.69 Å². The van der Waals surface area contributed by atoms with Crippen LogP contribution in [0.3, 0.4) is 0 Å². The highest BCUT2D eigenvalue weighted by Crippen LogP contribution is 2.30. The van der Waals surface area contributed by atoms with Gasteiger partial charge in [-0.25, -0.2) is 0 Å². The number of non-ortho nitro benzene ring substituents is 1. The number of benzene rings is 2. The predicted octanol–water partition coefficient (Wildman–Crippen LogP) is 4.09. The number of likely N-dealkylation sites (tertiary alicyclic amines) is 1. The zero-order chi connectivity index (χ0) is 18.7. The molecule has 134 valence electrons. The third kappa shape index (κ3) is 4.06. The number of nitro groups is 1. The Kier molecular flexibility index (Phi) is 5.00. The summed E-state index contributed by atoms with van der Waals surface area (Å²) >= 11 is 0. The number of nitro benzene ring substituents is 1. The number of hydrogen-bond donors (Lipinski definition) is 0. The molecule has 0 N–H and O–H groups in total. The van der Waals surface area contributed by atoms with Crippen molar-refractivity contribution in [2.75, 3.05) is 13.1 Å². The van der Waals surface area contributed by atoms with Crippen molar-refractivity contribution in [3.8, 4) is 0 Å². The highest BCUT2D eigenvalue weighted by atomic mass is 16.6. The van der Waals surface area contributed by atoms with Gasteiger partial charge >= 0.3 is 0 Å². The van der Waals surface area contributed by atoms with E-state index in [1.54, 1.807) is 12.1 Å². The van der Waals surface area contributed by atoms with Gasteiger partial charge in [-0.15, -0.1) is 0 Å². The van der Waals surface area contributed by atoms with Crippen LogP contribution < -0.4 is 0 Å². The molecule has 0 amide bonds. The molecule has 5 heteroatoms. The van der Waals surface area contributed by atoms with Gasteiger partial charge in [0.15, 0.2) is 5.78 Å². The van der Waals surface area contributed by atoms with Crippen LogP contribution in [0.2, 0.25) is 0 Å². The minimum absolute atomic E-state index is 0.0492. The van der Waals surface area contributed by atoms with Gasteiger partial charge < -0.3 is 0 Å². The molecule has 3 rings (SSSR count). The van der Waals surface area contributed by atoms with E-state index >= 15 is 0 Å². The van der Waals surface area contributed by atoms with E-state index < -0.39 is 10.3 Å². The van der Waals surface area contributed by atoms with Crippen LogP contribution in [0.15, 0.2) is 60.2 Å². The molecule has 0 spiro atoms. The lowest BCUT2D eigenvalue weighted by atomic mass is 9.79. The Hall–Kier alpha value is -2.79. The zero-order valence-corrected chi connectivity index (χ0v) is 15.0. The van der Waals surface area contributed by atoms with Crippen molar-refractivity contribution >= 4 is 17.5 Å². The second-order valence-electron chi connectivity index (χ2n) is 7.36. The minimum Gasteiger partial charge on any atom is -0.294 e. The number of ketones is 1. The summed E-state index contributed by atoms with van der Waals surface area (Å²) in [6.07, 6.45) is 1.85. The van der Waals surface area contributed by atoms with Gasteiger partial charge in [0.1, 0.15) is 0 Å². The number of nitrogens with zero attached hydrogens (tertiary/aromatic N) is 2. The molecule has 1 heterocycles. The number of hydrogen-bond acceptors (Lipinski definition) is 4. The van der Waals surface area contributed by atoms with Crippen molar-refractivity contribution < 1.29 is 9.72 Å². The van der Waals surface area contributed by atoms with Gasteiger partial charge in [0.05, 0.1) is 4.92 Å². The second-order valence-corrected chi connectivity index (χ2v) is 7.36. The molecule has 0 saturated carbocycles. The first-order chi connectivity index (χ1) is 12.3. The minimum atomic E-state index is -0.459. The highest BCUT2D eigenvalue weighted by Gasteiger charge is 2.37. The van der Waals surface area contributed by atoms with E-state index in [1.807, 2.05) is 38.1 Å². The predicted molar refractivity (Wildman–Crippen MR) is 102 cm³/mol. The normalized spacial score (nSPS) is 18.8. The maximum absolute atomic E-state index is 12.8. The highest BCUT2D eigenvalue weighted by molar-refractivity contribution is 6.04. The van der Waals surface area contributed by atoms with E-state index in [1.165, 1.54) is 17.7 Å². The second kappa shape index (κ2) is 7.22. The molecule has 5 nitrogen and oxygen atoms in total. The quantitative estimate of drug-likeness (QED) is 0.473. The van der Waals surface area contributed by atoms with Crippen LogP contribution in [0.5, 0.6) is 0 Å². The van der Waals surface area contributed by atoms with Crippen molar-refractivity contribution in [1.82, 2.24) is 4.90 Å². The summed E-state index contributed by atoms with van der Waals surface area (Å²) in [6, 6.07) is 16.5. The third-order valence-electron chi connectivity index (χ3n) is 4.61. The van der Waals surface area contributed by atoms with Crippen LogP contribution in [0.25, 0.3) is 6.08 Å². The Balaban J connectivity index is 1.84. The lowest BCUT2D eigenvalue weighted by Gasteiger charge is -2.38. The first-order valence-corrected chi connectivity index (χ1v) is 8.61. The molecule has 1 aliphatic rings. The number of carbonyl (C=O) groups is 1. The van der Waals surface area contributed by atoms with E-state index in [-0.39, 0.29) is 11.5 Å². The van der Waals surface area contributed by atoms with Crippen LogP contribution in [-0.2, 0) is 11.3 Å². The van der Waals surface area contributed by atoms with Crippen molar-refractivity contribution in [3.63, 3.8) is 0 Å². The zero-order valence-electron chi connectivity index (χ0n) is 15.0. The molecule has 2 aromatic carbocycles. The molecule has 0 aromatic heterocycles. The average molecular weight is 350 g/mol. The Morgan fingerprint density at radius 2 is 1.77 bits per heavy atom. The first-order valence-electron chi connectivity index (χ1n) is 8.61. The fraction of sp³-hybridized carbons (Fsp3) is 0.286. The van der Waals surface area contributed by atoms with Gasteiger partial charge in [-0.05, 0) is 29.3 Å². The Morgan fingerprint density at radius 1 is 1.12 bits per heavy atom. The Morgan fingerprint density at radius 3 is 2.38 bits per heavy atom. The number of piperidine rings is 1. The standard InChI is InChI=1S/C21H22N2O3/c1-21(2)15-22(13-17-6-4-3-5-7-17)14-18(20(21)24)12-16-8-10-19(11-9-16)23(25)26/h3-12H,13-15H2,1-2H3/b18-12+. The van der Waals surface area contributed by atoms with Crippen molar-refractivity contribution in [2.45, 2.75) is 20.4 Å². The fourth-order valence-corrected chi connectivity index (χ4v) is 3.39. The van der Waals surface area contributed by atoms with Gasteiger partial charge in [-0.3, -0.25) is 19.8 Å². The van der Waals surface area contributed by atoms with E-state index in [0.717, 1.165) is 17.7 Å². The largest absolute Gasteiger partial charge is 0.294 e. The lowest BCUT2D eigenvalue weighted by molar-refractivity contribution is -0.384. The summed E-state index contributed by atoms with van der Waals surface area (Å²) in [4.78, 5) is 25.5. The summed E-state index contributed by atoms with van der Waals surface area (Å²) in [5.41, 5.74) is 2.35. The van der Waals surface area contributed by atoms with E-state index in [0.29, 0.717) is 13.1 Å². The summed E-state index contributed by atoms with van der Waals surface area (Å²) in [5, 5.41) is 10.8. The van der Waals surface area contributed by atoms with Crippen molar-refractivity contribution in [2.24, 2.45) is 5.41 Å². The third-order valence-corrected chi connectivity index (χ3v) is 4.61. The topological polar surface area (TPSA) is 63.4 Å². The van der Waals surface area contributed by atoms with Crippen LogP contribution in [0.1, 0.15) is 25.0 Å². The number of Topliss-reactive ketones (excluding diaryl/α,β-unsaturated/α-hetero) is 1. The Labute approximate surface area is 153 Å². The van der Waals surface area contributed by atoms with Gasteiger partial charge in [0, 0.05) is 42.8 Å². The fourth-order valence-electron chi connectivity index (χ4n) is 3.39. The monoisotopic (exact) mass is 350 g/mol. The number of carbonyl (C=O) groups excluding carboxylic acids is 1. The molecule has 0 bridgehead atoms.